The minimum Gasteiger partial charge on any atom is -0.396 e. The Balaban J connectivity index is 1.74. The van der Waals surface area contributed by atoms with Crippen LogP contribution in [0.4, 0.5) is 4.39 Å². The molecule has 2 aliphatic rings. The Morgan fingerprint density at radius 1 is 1.31 bits per heavy atom. The molecule has 2 atom stereocenters. The Hall–Kier alpha value is -2.02. The third-order valence-electron chi connectivity index (χ3n) is 6.01. The molecule has 0 aromatic carbocycles. The monoisotopic (exact) mass is 363 g/mol. The molecule has 26 heavy (non-hydrogen) atoms. The normalized spacial score (nSPS) is 25.0. The molecule has 0 radical (unpaired) electrons. The van der Waals surface area contributed by atoms with Crippen LogP contribution in [0.3, 0.4) is 0 Å². The summed E-state index contributed by atoms with van der Waals surface area (Å²) in [6.45, 7) is 5.68. The highest BCUT2D eigenvalue weighted by Crippen LogP contribution is 2.43. The molecular formula is C19H26FN3O3. The van der Waals surface area contributed by atoms with E-state index in [-0.39, 0.29) is 35.8 Å². The highest BCUT2D eigenvalue weighted by Gasteiger charge is 2.54. The number of aromatic nitrogens is 1. The lowest BCUT2D eigenvalue weighted by Crippen LogP contribution is -2.42. The molecule has 2 saturated heterocycles. The summed E-state index contributed by atoms with van der Waals surface area (Å²) in [5.74, 6) is -0.869. The summed E-state index contributed by atoms with van der Waals surface area (Å²) in [6, 6.07) is 1.38. The minimum absolute atomic E-state index is 0.00183. The van der Waals surface area contributed by atoms with Gasteiger partial charge in [-0.1, -0.05) is 13.8 Å². The Labute approximate surface area is 153 Å². The van der Waals surface area contributed by atoms with Gasteiger partial charge in [-0.25, -0.2) is 4.39 Å². The van der Waals surface area contributed by atoms with Crippen LogP contribution in [-0.2, 0) is 4.79 Å². The Morgan fingerprint density at radius 3 is 2.54 bits per heavy atom. The molecule has 2 unspecified atom stereocenters. The van der Waals surface area contributed by atoms with E-state index in [9.17, 15) is 19.1 Å². The van der Waals surface area contributed by atoms with Crippen LogP contribution in [0.2, 0.25) is 0 Å². The van der Waals surface area contributed by atoms with Crippen molar-refractivity contribution >= 4 is 11.8 Å². The zero-order chi connectivity index (χ0) is 18.9. The van der Waals surface area contributed by atoms with Gasteiger partial charge in [0, 0.05) is 49.6 Å². The number of amides is 2. The number of nitrogens with zero attached hydrogens (tertiary/aromatic N) is 3. The molecule has 1 N–H and O–H groups in total. The molecule has 2 amide bonds. The summed E-state index contributed by atoms with van der Waals surface area (Å²) in [6.07, 6.45) is 4.02. The molecule has 2 fully saturated rings. The fourth-order valence-corrected chi connectivity index (χ4v) is 4.34. The second kappa shape index (κ2) is 7.31. The number of carbonyl (C=O) groups excluding carboxylic acids is 2. The molecular weight excluding hydrogens is 337 g/mol. The van der Waals surface area contributed by atoms with Crippen molar-refractivity contribution in [1.82, 2.24) is 14.8 Å². The Kier molecular flexibility index (Phi) is 5.27. The van der Waals surface area contributed by atoms with Gasteiger partial charge in [-0.15, -0.1) is 0 Å². The first-order valence-electron chi connectivity index (χ1n) is 9.24. The molecule has 142 valence electrons. The van der Waals surface area contributed by atoms with Crippen molar-refractivity contribution in [3.05, 3.63) is 29.8 Å². The number of carbonyl (C=O) groups is 2. The largest absolute Gasteiger partial charge is 0.396 e. The quantitative estimate of drug-likeness (QED) is 0.861. The number of hydrogen-bond acceptors (Lipinski definition) is 4. The number of pyridine rings is 1. The van der Waals surface area contributed by atoms with Crippen LogP contribution in [0.25, 0.3) is 0 Å². The van der Waals surface area contributed by atoms with Gasteiger partial charge in [0.2, 0.25) is 5.91 Å². The molecule has 1 aromatic rings. The van der Waals surface area contributed by atoms with E-state index >= 15 is 0 Å². The number of aliphatic hydroxyl groups is 1. The fourth-order valence-electron chi connectivity index (χ4n) is 4.34. The van der Waals surface area contributed by atoms with Crippen molar-refractivity contribution < 1.29 is 19.1 Å². The van der Waals surface area contributed by atoms with E-state index in [0.717, 1.165) is 19.0 Å². The predicted molar refractivity (Wildman–Crippen MR) is 93.8 cm³/mol. The third kappa shape index (κ3) is 3.09. The smallest absolute Gasteiger partial charge is 0.256 e. The van der Waals surface area contributed by atoms with E-state index in [4.69, 9.17) is 0 Å². The number of halogens is 1. The zero-order valence-corrected chi connectivity index (χ0v) is 15.3. The Morgan fingerprint density at radius 2 is 1.96 bits per heavy atom. The van der Waals surface area contributed by atoms with E-state index in [1.807, 2.05) is 18.7 Å². The number of hydrogen-bond donors (Lipinski definition) is 1. The molecule has 0 aliphatic carbocycles. The maximum absolute atomic E-state index is 13.9. The van der Waals surface area contributed by atoms with E-state index in [1.54, 1.807) is 4.90 Å². The predicted octanol–water partition coefficient (Wildman–Crippen LogP) is 1.55. The number of fused-ring (bicyclic) bond motifs is 1. The standard InChI is InChI=1S/C19H26FN3O3/c1-3-13(4-2)17(25)22-8-14-9-23(11-19(14,10-22)12-24)18(26)15-5-6-21-7-16(15)20/h5-7,13-14,24H,3-4,8-12H2,1-2H3. The van der Waals surface area contributed by atoms with Gasteiger partial charge in [0.15, 0.2) is 5.82 Å². The topological polar surface area (TPSA) is 73.7 Å². The summed E-state index contributed by atoms with van der Waals surface area (Å²) in [4.78, 5) is 32.5. The van der Waals surface area contributed by atoms with Crippen LogP contribution >= 0.6 is 0 Å². The Bertz CT molecular complexity index is 694. The van der Waals surface area contributed by atoms with Crippen molar-refractivity contribution in [3.8, 4) is 0 Å². The maximum Gasteiger partial charge on any atom is 0.256 e. The molecule has 0 bridgehead atoms. The van der Waals surface area contributed by atoms with E-state index < -0.39 is 11.2 Å². The molecule has 7 heteroatoms. The highest BCUT2D eigenvalue weighted by molar-refractivity contribution is 5.94. The zero-order valence-electron chi connectivity index (χ0n) is 15.3. The molecule has 2 aliphatic heterocycles. The number of likely N-dealkylation sites (tertiary alicyclic amines) is 2. The van der Waals surface area contributed by atoms with Gasteiger partial charge in [-0.2, -0.15) is 0 Å². The maximum atomic E-state index is 13.9. The first-order chi connectivity index (χ1) is 12.5. The van der Waals surface area contributed by atoms with Crippen LogP contribution in [0.5, 0.6) is 0 Å². The lowest BCUT2D eigenvalue weighted by atomic mass is 9.82. The average molecular weight is 363 g/mol. The minimum atomic E-state index is -0.641. The highest BCUT2D eigenvalue weighted by atomic mass is 19.1. The van der Waals surface area contributed by atoms with Gasteiger partial charge < -0.3 is 14.9 Å². The summed E-state index contributed by atoms with van der Waals surface area (Å²) in [5.41, 5.74) is -0.515. The third-order valence-corrected chi connectivity index (χ3v) is 6.01. The average Bonchev–Trinajstić information content (AvgIpc) is 3.17. The second-order valence-corrected chi connectivity index (χ2v) is 7.49. The van der Waals surface area contributed by atoms with Crippen LogP contribution in [0.1, 0.15) is 37.0 Å². The summed E-state index contributed by atoms with van der Waals surface area (Å²) >= 11 is 0. The van der Waals surface area contributed by atoms with Crippen molar-refractivity contribution in [1.29, 1.82) is 0 Å². The molecule has 6 nitrogen and oxygen atoms in total. The van der Waals surface area contributed by atoms with E-state index in [1.165, 1.54) is 12.3 Å². The summed E-state index contributed by atoms with van der Waals surface area (Å²) in [5, 5.41) is 10.0. The number of rotatable bonds is 5. The molecule has 0 saturated carbocycles. The lowest BCUT2D eigenvalue weighted by Gasteiger charge is -2.28. The summed E-state index contributed by atoms with van der Waals surface area (Å²) in [7, 11) is 0. The first kappa shape index (κ1) is 18.8. The fraction of sp³-hybridized carbons (Fsp3) is 0.632. The van der Waals surface area contributed by atoms with Gasteiger partial charge in [-0.3, -0.25) is 14.6 Å². The number of aliphatic hydroxyl groups excluding tert-OH is 1. The molecule has 3 rings (SSSR count). The van der Waals surface area contributed by atoms with Gasteiger partial charge in [-0.05, 0) is 18.9 Å². The van der Waals surface area contributed by atoms with Crippen molar-refractivity contribution in [2.75, 3.05) is 32.8 Å². The van der Waals surface area contributed by atoms with Gasteiger partial charge in [0.05, 0.1) is 18.4 Å². The molecule has 0 spiro atoms. The van der Waals surface area contributed by atoms with Crippen molar-refractivity contribution in [2.24, 2.45) is 17.3 Å². The van der Waals surface area contributed by atoms with Crippen molar-refractivity contribution in [3.63, 3.8) is 0 Å². The van der Waals surface area contributed by atoms with Gasteiger partial charge in [0.1, 0.15) is 0 Å². The van der Waals surface area contributed by atoms with Gasteiger partial charge >= 0.3 is 0 Å². The molecule has 3 heterocycles. The van der Waals surface area contributed by atoms with Gasteiger partial charge in [0.25, 0.3) is 5.91 Å². The van der Waals surface area contributed by atoms with Crippen LogP contribution in [-0.4, -0.2) is 64.5 Å². The SMILES string of the molecule is CCC(CC)C(=O)N1CC2CN(C(=O)c3ccncc3F)CC2(CO)C1. The lowest BCUT2D eigenvalue weighted by molar-refractivity contribution is -0.135. The second-order valence-electron chi connectivity index (χ2n) is 7.49. The van der Waals surface area contributed by atoms with Crippen LogP contribution in [0.15, 0.2) is 18.5 Å². The van der Waals surface area contributed by atoms with Crippen LogP contribution in [0, 0.1) is 23.1 Å². The van der Waals surface area contributed by atoms with Crippen molar-refractivity contribution in [2.45, 2.75) is 26.7 Å². The van der Waals surface area contributed by atoms with E-state index in [2.05, 4.69) is 4.98 Å². The molecule has 1 aromatic heterocycles. The summed E-state index contributed by atoms with van der Waals surface area (Å²) < 4.78 is 13.9. The first-order valence-corrected chi connectivity index (χ1v) is 9.24. The van der Waals surface area contributed by atoms with E-state index in [0.29, 0.717) is 26.2 Å². The van der Waals surface area contributed by atoms with Crippen LogP contribution < -0.4 is 0 Å².